The number of nitrogens with zero attached hydrogens (tertiary/aromatic N) is 2. The Morgan fingerprint density at radius 2 is 2.17 bits per heavy atom. The quantitative estimate of drug-likeness (QED) is 0.784. The van der Waals surface area contributed by atoms with E-state index in [0.29, 0.717) is 11.5 Å². The Bertz CT molecular complexity index is 640. The molecule has 0 bridgehead atoms. The molecule has 0 radical (unpaired) electrons. The molecule has 1 saturated heterocycles. The van der Waals surface area contributed by atoms with E-state index in [4.69, 9.17) is 4.42 Å². The summed E-state index contributed by atoms with van der Waals surface area (Å²) in [5.74, 6) is 0.425. The lowest BCUT2D eigenvalue weighted by atomic mass is 10.0. The molecule has 6 heteroatoms. The zero-order valence-electron chi connectivity index (χ0n) is 14.1. The van der Waals surface area contributed by atoms with E-state index in [1.807, 2.05) is 12.1 Å². The molecule has 1 fully saturated rings. The van der Waals surface area contributed by atoms with Crippen LogP contribution in [0.4, 0.5) is 0 Å². The lowest BCUT2D eigenvalue weighted by Crippen LogP contribution is -3.16. The molecule has 128 valence electrons. The van der Waals surface area contributed by atoms with Crippen LogP contribution < -0.4 is 10.2 Å². The second kappa shape index (κ2) is 8.06. The van der Waals surface area contributed by atoms with Gasteiger partial charge in [-0.1, -0.05) is 0 Å². The summed E-state index contributed by atoms with van der Waals surface area (Å²) in [4.78, 5) is 13.9. The maximum absolute atomic E-state index is 12.2. The fourth-order valence-electron chi connectivity index (χ4n) is 3.31. The Hall–Kier alpha value is -2.21. The third-order valence-electron chi connectivity index (χ3n) is 4.80. The minimum Gasteiger partial charge on any atom is -0.423 e. The van der Waals surface area contributed by atoms with E-state index in [-0.39, 0.29) is 5.91 Å². The minimum atomic E-state index is -0.0335. The number of likely N-dealkylation sites (tertiary alicyclic amines) is 1. The van der Waals surface area contributed by atoms with Gasteiger partial charge in [0.15, 0.2) is 0 Å². The van der Waals surface area contributed by atoms with Gasteiger partial charge in [0.2, 0.25) is 12.3 Å². The highest BCUT2D eigenvalue weighted by molar-refractivity contribution is 5.94. The third kappa shape index (κ3) is 4.20. The maximum Gasteiger partial charge on any atom is 0.251 e. The number of quaternary nitrogens is 1. The fraction of sp³-hybridized carbons (Fsp3) is 0.500. The number of carbonyl (C=O) groups is 1. The lowest BCUT2D eigenvalue weighted by Gasteiger charge is -2.30. The lowest BCUT2D eigenvalue weighted by molar-refractivity contribution is -0.928. The highest BCUT2D eigenvalue weighted by atomic mass is 16.4. The van der Waals surface area contributed by atoms with Crippen molar-refractivity contribution in [2.75, 3.05) is 19.6 Å². The SMILES string of the molecule is C[C@@H]1CCCC[NH+]1CCCNC(=O)c1ccc(-c2nnco2)cc1. The van der Waals surface area contributed by atoms with Crippen molar-refractivity contribution >= 4 is 5.91 Å². The molecule has 1 aliphatic rings. The number of aromatic nitrogens is 2. The van der Waals surface area contributed by atoms with Crippen molar-refractivity contribution in [1.82, 2.24) is 15.5 Å². The van der Waals surface area contributed by atoms with E-state index in [2.05, 4.69) is 22.4 Å². The van der Waals surface area contributed by atoms with Crippen molar-refractivity contribution in [1.29, 1.82) is 0 Å². The van der Waals surface area contributed by atoms with E-state index in [1.165, 1.54) is 32.2 Å². The molecule has 2 heterocycles. The topological polar surface area (TPSA) is 72.5 Å². The van der Waals surface area contributed by atoms with Gasteiger partial charge in [-0.25, -0.2) is 0 Å². The van der Waals surface area contributed by atoms with Gasteiger partial charge in [0, 0.05) is 24.1 Å². The van der Waals surface area contributed by atoms with Gasteiger partial charge in [0.1, 0.15) is 0 Å². The van der Waals surface area contributed by atoms with Crippen LogP contribution in [0.25, 0.3) is 11.5 Å². The molecule has 1 amide bonds. The van der Waals surface area contributed by atoms with Crippen molar-refractivity contribution in [2.24, 2.45) is 0 Å². The molecule has 6 nitrogen and oxygen atoms in total. The second-order valence-electron chi connectivity index (χ2n) is 6.49. The van der Waals surface area contributed by atoms with Crippen molar-refractivity contribution in [3.63, 3.8) is 0 Å². The van der Waals surface area contributed by atoms with Crippen LogP contribution >= 0.6 is 0 Å². The van der Waals surface area contributed by atoms with Crippen molar-refractivity contribution in [3.05, 3.63) is 36.2 Å². The molecule has 0 spiro atoms. The predicted octanol–water partition coefficient (Wildman–Crippen LogP) is 1.31. The summed E-state index contributed by atoms with van der Waals surface area (Å²) in [7, 11) is 0. The zero-order chi connectivity index (χ0) is 16.8. The molecule has 2 aromatic rings. The first-order valence-corrected chi connectivity index (χ1v) is 8.73. The summed E-state index contributed by atoms with van der Waals surface area (Å²) in [6, 6.07) is 7.97. The van der Waals surface area contributed by atoms with Crippen LogP contribution in [0.2, 0.25) is 0 Å². The number of piperidine rings is 1. The molecule has 0 aliphatic carbocycles. The van der Waals surface area contributed by atoms with Gasteiger partial charge >= 0.3 is 0 Å². The Morgan fingerprint density at radius 3 is 2.88 bits per heavy atom. The Labute approximate surface area is 142 Å². The predicted molar refractivity (Wildman–Crippen MR) is 90.7 cm³/mol. The van der Waals surface area contributed by atoms with Gasteiger partial charge < -0.3 is 14.6 Å². The fourth-order valence-corrected chi connectivity index (χ4v) is 3.31. The second-order valence-corrected chi connectivity index (χ2v) is 6.49. The molecule has 1 aromatic carbocycles. The largest absolute Gasteiger partial charge is 0.423 e. The number of nitrogens with one attached hydrogen (secondary N) is 2. The van der Waals surface area contributed by atoms with E-state index in [1.54, 1.807) is 17.0 Å². The monoisotopic (exact) mass is 329 g/mol. The third-order valence-corrected chi connectivity index (χ3v) is 4.80. The molecule has 24 heavy (non-hydrogen) atoms. The number of benzene rings is 1. The van der Waals surface area contributed by atoms with Gasteiger partial charge in [-0.2, -0.15) is 0 Å². The van der Waals surface area contributed by atoms with Gasteiger partial charge in [-0.3, -0.25) is 4.79 Å². The van der Waals surface area contributed by atoms with Crippen LogP contribution in [-0.2, 0) is 0 Å². The Morgan fingerprint density at radius 1 is 1.33 bits per heavy atom. The van der Waals surface area contributed by atoms with Gasteiger partial charge in [0.25, 0.3) is 5.91 Å². The number of carbonyl (C=O) groups excluding carboxylic acids is 1. The molecule has 3 rings (SSSR count). The number of rotatable bonds is 6. The summed E-state index contributed by atoms with van der Waals surface area (Å²) in [6.45, 7) is 5.46. The summed E-state index contributed by atoms with van der Waals surface area (Å²) in [6.07, 6.45) is 6.33. The molecule has 1 unspecified atom stereocenters. The highest BCUT2D eigenvalue weighted by Gasteiger charge is 2.20. The van der Waals surface area contributed by atoms with Gasteiger partial charge in [-0.05, 0) is 50.5 Å². The van der Waals surface area contributed by atoms with Crippen molar-refractivity contribution in [3.8, 4) is 11.5 Å². The van der Waals surface area contributed by atoms with Gasteiger partial charge in [0.05, 0.1) is 19.1 Å². The van der Waals surface area contributed by atoms with Gasteiger partial charge in [-0.15, -0.1) is 10.2 Å². The summed E-state index contributed by atoms with van der Waals surface area (Å²) < 4.78 is 5.14. The van der Waals surface area contributed by atoms with Crippen LogP contribution in [0.5, 0.6) is 0 Å². The average Bonchev–Trinajstić information content (AvgIpc) is 3.15. The average molecular weight is 329 g/mol. The van der Waals surface area contributed by atoms with E-state index in [9.17, 15) is 4.79 Å². The molecule has 1 aliphatic heterocycles. The Kier molecular flexibility index (Phi) is 5.59. The highest BCUT2D eigenvalue weighted by Crippen LogP contribution is 2.16. The van der Waals surface area contributed by atoms with E-state index in [0.717, 1.165) is 31.1 Å². The summed E-state index contributed by atoms with van der Waals surface area (Å²) >= 11 is 0. The van der Waals surface area contributed by atoms with Crippen LogP contribution in [0.15, 0.2) is 35.1 Å². The summed E-state index contributed by atoms with van der Waals surface area (Å²) in [5.41, 5.74) is 1.46. The number of hydrogen-bond donors (Lipinski definition) is 2. The maximum atomic E-state index is 12.2. The minimum absolute atomic E-state index is 0.0335. The van der Waals surface area contributed by atoms with Crippen LogP contribution in [0.3, 0.4) is 0 Å². The molecular formula is C18H25N4O2+. The molecule has 1 aromatic heterocycles. The molecule has 2 N–H and O–H groups in total. The first kappa shape index (κ1) is 16.6. The number of hydrogen-bond acceptors (Lipinski definition) is 4. The normalized spacial score (nSPS) is 20.7. The van der Waals surface area contributed by atoms with Crippen LogP contribution in [0, 0.1) is 0 Å². The van der Waals surface area contributed by atoms with Crippen molar-refractivity contribution < 1.29 is 14.1 Å². The molecule has 0 saturated carbocycles. The molecular weight excluding hydrogens is 304 g/mol. The standard InChI is InChI=1S/C18H24N4O2/c1-14-5-2-3-11-22(14)12-4-10-19-17(23)15-6-8-16(9-7-15)18-21-20-13-24-18/h6-9,13-14H,2-5,10-12H2,1H3,(H,19,23)/p+1/t14-/m1/s1. The van der Waals surface area contributed by atoms with Crippen LogP contribution in [-0.4, -0.2) is 41.8 Å². The van der Waals surface area contributed by atoms with Crippen LogP contribution in [0.1, 0.15) is 43.0 Å². The Balaban J connectivity index is 1.43. The number of amides is 1. The smallest absolute Gasteiger partial charge is 0.251 e. The first-order chi connectivity index (χ1) is 11.7. The van der Waals surface area contributed by atoms with E-state index >= 15 is 0 Å². The first-order valence-electron chi connectivity index (χ1n) is 8.73. The van der Waals surface area contributed by atoms with E-state index < -0.39 is 0 Å². The van der Waals surface area contributed by atoms with Crippen molar-refractivity contribution in [2.45, 2.75) is 38.6 Å². The molecule has 2 atom stereocenters. The zero-order valence-corrected chi connectivity index (χ0v) is 14.1. The summed E-state index contributed by atoms with van der Waals surface area (Å²) in [5, 5.41) is 10.5.